The van der Waals surface area contributed by atoms with Crippen LogP contribution < -0.4 is 5.73 Å². The lowest BCUT2D eigenvalue weighted by atomic mass is 9.91. The van der Waals surface area contributed by atoms with Crippen molar-refractivity contribution in [2.75, 3.05) is 19.8 Å². The van der Waals surface area contributed by atoms with E-state index in [0.29, 0.717) is 13.2 Å². The number of nitrogens with two attached hydrogens (primary N) is 1. The first-order valence-electron chi connectivity index (χ1n) is 6.80. The molecule has 1 aromatic carbocycles. The van der Waals surface area contributed by atoms with Gasteiger partial charge in [-0.05, 0) is 37.8 Å². The first kappa shape index (κ1) is 13.5. The molecule has 0 saturated carbocycles. The molecule has 18 heavy (non-hydrogen) atoms. The van der Waals surface area contributed by atoms with Crippen LogP contribution in [0, 0.1) is 0 Å². The van der Waals surface area contributed by atoms with Gasteiger partial charge in [0.1, 0.15) is 0 Å². The smallest absolute Gasteiger partial charge is 0.0724 e. The molecule has 1 aromatic rings. The normalized spacial score (nSPS) is 24.7. The Morgan fingerprint density at radius 2 is 2.00 bits per heavy atom. The fraction of sp³-hybridized carbons (Fsp3) is 0.600. The summed E-state index contributed by atoms with van der Waals surface area (Å²) in [6, 6.07) is 10.3. The average molecular weight is 249 g/mol. The highest BCUT2D eigenvalue weighted by atomic mass is 16.5. The molecule has 100 valence electrons. The summed E-state index contributed by atoms with van der Waals surface area (Å²) in [5.41, 5.74) is 6.88. The zero-order valence-electron chi connectivity index (χ0n) is 10.9. The molecule has 0 bridgehead atoms. The highest BCUT2D eigenvalue weighted by Crippen LogP contribution is 2.29. The maximum absolute atomic E-state index is 6.22. The Morgan fingerprint density at radius 3 is 2.78 bits per heavy atom. The minimum Gasteiger partial charge on any atom is -0.381 e. The number of rotatable bonds is 5. The Hall–Kier alpha value is -0.900. The van der Waals surface area contributed by atoms with Gasteiger partial charge in [-0.15, -0.1) is 0 Å². The second-order valence-corrected chi connectivity index (χ2v) is 4.96. The van der Waals surface area contributed by atoms with Gasteiger partial charge >= 0.3 is 0 Å². The minimum absolute atomic E-state index is 0.0823. The second-order valence-electron chi connectivity index (χ2n) is 4.96. The summed E-state index contributed by atoms with van der Waals surface area (Å²) in [5, 5.41) is 0. The molecule has 0 aromatic heterocycles. The Bertz CT molecular complexity index is 332. The molecule has 3 nitrogen and oxygen atoms in total. The van der Waals surface area contributed by atoms with Crippen molar-refractivity contribution in [2.24, 2.45) is 5.73 Å². The zero-order chi connectivity index (χ0) is 12.7. The molecular weight excluding hydrogens is 226 g/mol. The molecule has 1 heterocycles. The van der Waals surface area contributed by atoms with Crippen molar-refractivity contribution in [1.82, 2.24) is 0 Å². The van der Waals surface area contributed by atoms with Crippen molar-refractivity contribution >= 4 is 0 Å². The minimum atomic E-state index is -0.0823. The molecule has 1 atom stereocenters. The van der Waals surface area contributed by atoms with Crippen LogP contribution in [0.5, 0.6) is 0 Å². The van der Waals surface area contributed by atoms with Gasteiger partial charge in [0, 0.05) is 13.2 Å². The maximum atomic E-state index is 6.22. The van der Waals surface area contributed by atoms with Crippen molar-refractivity contribution in [3.8, 4) is 0 Å². The van der Waals surface area contributed by atoms with Gasteiger partial charge in [-0.25, -0.2) is 0 Å². The Morgan fingerprint density at radius 1 is 1.17 bits per heavy atom. The summed E-state index contributed by atoms with van der Waals surface area (Å²) >= 11 is 0. The Kier molecular flexibility index (Phi) is 5.17. The van der Waals surface area contributed by atoms with Crippen LogP contribution in [0.3, 0.4) is 0 Å². The molecule has 1 aliphatic heterocycles. The van der Waals surface area contributed by atoms with Crippen LogP contribution in [0.2, 0.25) is 0 Å². The van der Waals surface area contributed by atoms with Crippen LogP contribution >= 0.6 is 0 Å². The van der Waals surface area contributed by atoms with Gasteiger partial charge in [0.05, 0.1) is 12.2 Å². The quantitative estimate of drug-likeness (QED) is 0.872. The van der Waals surface area contributed by atoms with Gasteiger partial charge in [0.2, 0.25) is 0 Å². The van der Waals surface area contributed by atoms with Crippen molar-refractivity contribution < 1.29 is 9.47 Å². The van der Waals surface area contributed by atoms with Gasteiger partial charge in [-0.2, -0.15) is 0 Å². The summed E-state index contributed by atoms with van der Waals surface area (Å²) < 4.78 is 11.7. The van der Waals surface area contributed by atoms with Crippen LogP contribution in [0.25, 0.3) is 0 Å². The Balaban J connectivity index is 1.96. The lowest BCUT2D eigenvalue weighted by molar-refractivity contribution is -0.0729. The van der Waals surface area contributed by atoms with Gasteiger partial charge in [0.15, 0.2) is 0 Å². The molecule has 1 aliphatic rings. The fourth-order valence-electron chi connectivity index (χ4n) is 2.52. The standard InChI is InChI=1S/C15H23NO2/c16-10-8-15(7-4-11-17-12-9-15)18-13-14-5-2-1-3-6-14/h1-3,5-6H,4,7-13,16H2. The highest BCUT2D eigenvalue weighted by molar-refractivity contribution is 5.13. The Labute approximate surface area is 109 Å². The lowest BCUT2D eigenvalue weighted by Crippen LogP contribution is -2.35. The summed E-state index contributed by atoms with van der Waals surface area (Å²) in [5.74, 6) is 0. The largest absolute Gasteiger partial charge is 0.381 e. The summed E-state index contributed by atoms with van der Waals surface area (Å²) in [4.78, 5) is 0. The van der Waals surface area contributed by atoms with E-state index in [0.717, 1.165) is 38.9 Å². The first-order valence-corrected chi connectivity index (χ1v) is 6.80. The van der Waals surface area contributed by atoms with Gasteiger partial charge in [0.25, 0.3) is 0 Å². The highest BCUT2D eigenvalue weighted by Gasteiger charge is 2.31. The van der Waals surface area contributed by atoms with E-state index >= 15 is 0 Å². The van der Waals surface area contributed by atoms with Crippen LogP contribution in [0.4, 0.5) is 0 Å². The topological polar surface area (TPSA) is 44.5 Å². The lowest BCUT2D eigenvalue weighted by Gasteiger charge is -2.32. The first-order chi connectivity index (χ1) is 8.85. The van der Waals surface area contributed by atoms with E-state index < -0.39 is 0 Å². The summed E-state index contributed by atoms with van der Waals surface area (Å²) in [7, 11) is 0. The van der Waals surface area contributed by atoms with Crippen LogP contribution in [-0.2, 0) is 16.1 Å². The maximum Gasteiger partial charge on any atom is 0.0724 e. The molecule has 2 N–H and O–H groups in total. The molecule has 0 aliphatic carbocycles. The number of hydrogen-bond acceptors (Lipinski definition) is 3. The van der Waals surface area contributed by atoms with E-state index in [4.69, 9.17) is 15.2 Å². The van der Waals surface area contributed by atoms with E-state index in [9.17, 15) is 0 Å². The van der Waals surface area contributed by atoms with E-state index in [1.54, 1.807) is 0 Å². The molecule has 0 amide bonds. The van der Waals surface area contributed by atoms with E-state index in [1.807, 2.05) is 18.2 Å². The molecule has 0 radical (unpaired) electrons. The fourth-order valence-corrected chi connectivity index (χ4v) is 2.52. The predicted molar refractivity (Wildman–Crippen MR) is 72.3 cm³/mol. The van der Waals surface area contributed by atoms with E-state index in [-0.39, 0.29) is 5.60 Å². The third kappa shape index (κ3) is 3.80. The van der Waals surface area contributed by atoms with Crippen molar-refractivity contribution in [1.29, 1.82) is 0 Å². The van der Waals surface area contributed by atoms with E-state index in [1.165, 1.54) is 5.56 Å². The third-order valence-electron chi connectivity index (χ3n) is 3.61. The number of hydrogen-bond donors (Lipinski definition) is 1. The van der Waals surface area contributed by atoms with Gasteiger partial charge in [-0.3, -0.25) is 0 Å². The van der Waals surface area contributed by atoms with Crippen molar-refractivity contribution in [3.05, 3.63) is 35.9 Å². The summed E-state index contributed by atoms with van der Waals surface area (Å²) in [6.45, 7) is 2.98. The SMILES string of the molecule is NCCC1(OCc2ccccc2)CCCOCC1. The van der Waals surface area contributed by atoms with Crippen LogP contribution in [0.1, 0.15) is 31.2 Å². The second kappa shape index (κ2) is 6.88. The van der Waals surface area contributed by atoms with E-state index in [2.05, 4.69) is 12.1 Å². The number of ether oxygens (including phenoxy) is 2. The van der Waals surface area contributed by atoms with Gasteiger partial charge in [-0.1, -0.05) is 30.3 Å². The predicted octanol–water partition coefficient (Wildman–Crippen LogP) is 2.49. The van der Waals surface area contributed by atoms with Crippen molar-refractivity contribution in [3.63, 3.8) is 0 Å². The van der Waals surface area contributed by atoms with Crippen molar-refractivity contribution in [2.45, 2.75) is 37.9 Å². The van der Waals surface area contributed by atoms with Crippen LogP contribution in [-0.4, -0.2) is 25.4 Å². The molecular formula is C15H23NO2. The molecule has 1 fully saturated rings. The average Bonchev–Trinajstić information content (AvgIpc) is 2.64. The molecule has 1 unspecified atom stereocenters. The molecule has 1 saturated heterocycles. The van der Waals surface area contributed by atoms with Crippen LogP contribution in [0.15, 0.2) is 30.3 Å². The molecule has 2 rings (SSSR count). The summed E-state index contributed by atoms with van der Waals surface area (Å²) in [6.07, 6.45) is 3.99. The molecule has 0 spiro atoms. The third-order valence-corrected chi connectivity index (χ3v) is 3.61. The molecule has 3 heteroatoms. The number of benzene rings is 1. The monoisotopic (exact) mass is 249 g/mol. The van der Waals surface area contributed by atoms with Gasteiger partial charge < -0.3 is 15.2 Å². The zero-order valence-corrected chi connectivity index (χ0v) is 10.9.